The van der Waals surface area contributed by atoms with Gasteiger partial charge in [-0.2, -0.15) is 5.26 Å². The van der Waals surface area contributed by atoms with Crippen molar-refractivity contribution >= 4 is 16.7 Å². The fourth-order valence-electron chi connectivity index (χ4n) is 2.70. The lowest BCUT2D eigenvalue weighted by atomic mass is 10.0. The topological polar surface area (TPSA) is 39.9 Å². The average molecular weight is 267 g/mol. The molecule has 3 heteroatoms. The van der Waals surface area contributed by atoms with Gasteiger partial charge in [-0.3, -0.25) is 0 Å². The average Bonchev–Trinajstić information content (AvgIpc) is 2.41. The van der Waals surface area contributed by atoms with Crippen molar-refractivity contribution in [1.29, 1.82) is 5.26 Å². The maximum Gasteiger partial charge on any atom is 0.133 e. The zero-order valence-electron chi connectivity index (χ0n) is 12.7. The minimum atomic E-state index is 0.405. The Labute approximate surface area is 120 Å². The van der Waals surface area contributed by atoms with E-state index in [1.54, 1.807) is 0 Å². The molecule has 0 fully saturated rings. The normalized spacial score (nSPS) is 10.6. The summed E-state index contributed by atoms with van der Waals surface area (Å²) in [5, 5.41) is 10.2. The summed E-state index contributed by atoms with van der Waals surface area (Å²) in [5.74, 6) is 0.955. The van der Waals surface area contributed by atoms with Crippen molar-refractivity contribution in [3.8, 4) is 6.07 Å². The highest BCUT2D eigenvalue weighted by Gasteiger charge is 2.13. The summed E-state index contributed by atoms with van der Waals surface area (Å²) in [6.45, 7) is 10.2. The second-order valence-electron chi connectivity index (χ2n) is 5.13. The van der Waals surface area contributed by atoms with Crippen LogP contribution < -0.4 is 4.90 Å². The molecule has 2 rings (SSSR count). The van der Waals surface area contributed by atoms with Crippen molar-refractivity contribution in [2.24, 2.45) is 0 Å². The number of fused-ring (bicyclic) bond motifs is 1. The van der Waals surface area contributed by atoms with Gasteiger partial charge in [0.05, 0.1) is 18.0 Å². The third kappa shape index (κ3) is 2.60. The molecule has 0 radical (unpaired) electrons. The molecule has 1 aromatic carbocycles. The number of pyridine rings is 1. The first-order valence-electron chi connectivity index (χ1n) is 7.13. The van der Waals surface area contributed by atoms with Crippen molar-refractivity contribution in [3.05, 3.63) is 34.9 Å². The van der Waals surface area contributed by atoms with Gasteiger partial charge in [0.1, 0.15) is 5.82 Å². The highest BCUT2D eigenvalue weighted by molar-refractivity contribution is 5.85. The van der Waals surface area contributed by atoms with E-state index in [9.17, 15) is 0 Å². The molecule has 0 aliphatic carbocycles. The van der Waals surface area contributed by atoms with Crippen LogP contribution in [0.1, 0.15) is 30.5 Å². The second-order valence-corrected chi connectivity index (χ2v) is 5.13. The maximum absolute atomic E-state index is 9.06. The summed E-state index contributed by atoms with van der Waals surface area (Å²) in [5.41, 5.74) is 4.49. The molecule has 0 saturated carbocycles. The molecule has 1 aromatic heterocycles. The van der Waals surface area contributed by atoms with Crippen LogP contribution in [0.2, 0.25) is 0 Å². The number of nitrogens with zero attached hydrogens (tertiary/aromatic N) is 3. The molecule has 0 bridgehead atoms. The number of hydrogen-bond acceptors (Lipinski definition) is 3. The largest absolute Gasteiger partial charge is 0.357 e. The lowest BCUT2D eigenvalue weighted by Crippen LogP contribution is -2.24. The van der Waals surface area contributed by atoms with Crippen molar-refractivity contribution in [1.82, 2.24) is 4.98 Å². The van der Waals surface area contributed by atoms with Gasteiger partial charge < -0.3 is 4.90 Å². The van der Waals surface area contributed by atoms with E-state index in [2.05, 4.69) is 56.9 Å². The van der Waals surface area contributed by atoms with E-state index in [0.29, 0.717) is 6.42 Å². The Morgan fingerprint density at radius 1 is 1.15 bits per heavy atom. The summed E-state index contributed by atoms with van der Waals surface area (Å²) < 4.78 is 0. The monoisotopic (exact) mass is 267 g/mol. The van der Waals surface area contributed by atoms with Crippen molar-refractivity contribution < 1.29 is 0 Å². The Morgan fingerprint density at radius 3 is 2.45 bits per heavy atom. The van der Waals surface area contributed by atoms with Gasteiger partial charge in [0.15, 0.2) is 0 Å². The Hall–Kier alpha value is -2.08. The van der Waals surface area contributed by atoms with Gasteiger partial charge >= 0.3 is 0 Å². The lowest BCUT2D eigenvalue weighted by molar-refractivity contribution is 0.841. The van der Waals surface area contributed by atoms with E-state index < -0.39 is 0 Å². The molecule has 0 aliphatic heterocycles. The second kappa shape index (κ2) is 5.92. The lowest BCUT2D eigenvalue weighted by Gasteiger charge is -2.23. The van der Waals surface area contributed by atoms with Gasteiger partial charge in [-0.25, -0.2) is 4.98 Å². The van der Waals surface area contributed by atoms with Crippen LogP contribution in [0, 0.1) is 25.2 Å². The molecule has 104 valence electrons. The summed E-state index contributed by atoms with van der Waals surface area (Å²) in [4.78, 5) is 7.06. The first-order chi connectivity index (χ1) is 9.60. The Balaban J connectivity index is 2.72. The first-order valence-corrected chi connectivity index (χ1v) is 7.13. The van der Waals surface area contributed by atoms with Gasteiger partial charge in [0.25, 0.3) is 0 Å². The van der Waals surface area contributed by atoms with Gasteiger partial charge in [0, 0.05) is 24.0 Å². The van der Waals surface area contributed by atoms with Gasteiger partial charge in [0.2, 0.25) is 0 Å². The number of nitriles is 1. The summed E-state index contributed by atoms with van der Waals surface area (Å²) in [7, 11) is 0. The number of hydrogen-bond donors (Lipinski definition) is 0. The van der Waals surface area contributed by atoms with Crippen molar-refractivity contribution in [2.75, 3.05) is 18.0 Å². The van der Waals surface area contributed by atoms with Crippen LogP contribution in [0.4, 0.5) is 5.82 Å². The number of aryl methyl sites for hydroxylation is 2. The zero-order chi connectivity index (χ0) is 14.7. The highest BCUT2D eigenvalue weighted by Crippen LogP contribution is 2.27. The molecule has 1 heterocycles. The Kier molecular flexibility index (Phi) is 4.24. The fourth-order valence-corrected chi connectivity index (χ4v) is 2.70. The molecular weight excluding hydrogens is 246 g/mol. The minimum Gasteiger partial charge on any atom is -0.357 e. The number of aromatic nitrogens is 1. The zero-order valence-corrected chi connectivity index (χ0v) is 12.7. The molecule has 0 aliphatic rings. The number of rotatable bonds is 4. The molecule has 3 nitrogen and oxygen atoms in total. The summed E-state index contributed by atoms with van der Waals surface area (Å²) >= 11 is 0. The van der Waals surface area contributed by atoms with Crippen LogP contribution in [0.25, 0.3) is 10.9 Å². The maximum atomic E-state index is 9.06. The van der Waals surface area contributed by atoms with Crippen LogP contribution in [0.3, 0.4) is 0 Å². The van der Waals surface area contributed by atoms with E-state index in [4.69, 9.17) is 10.2 Å². The van der Waals surface area contributed by atoms with Crippen LogP contribution >= 0.6 is 0 Å². The van der Waals surface area contributed by atoms with Crippen LogP contribution in [0.5, 0.6) is 0 Å². The van der Waals surface area contributed by atoms with Crippen molar-refractivity contribution in [2.45, 2.75) is 34.1 Å². The standard InChI is InChI=1S/C17H21N3/c1-5-20(6-2)17-14(7-8-18)11-15-10-12(3)9-13(4)16(15)19-17/h9-11H,5-7H2,1-4H3. The van der Waals surface area contributed by atoms with E-state index >= 15 is 0 Å². The number of anilines is 1. The highest BCUT2D eigenvalue weighted by atomic mass is 15.2. The Morgan fingerprint density at radius 2 is 1.85 bits per heavy atom. The third-order valence-electron chi connectivity index (χ3n) is 3.64. The molecule has 0 spiro atoms. The summed E-state index contributed by atoms with van der Waals surface area (Å²) in [6.07, 6.45) is 0.405. The SMILES string of the molecule is CCN(CC)c1nc2c(C)cc(C)cc2cc1CC#N. The molecule has 0 saturated heterocycles. The molecule has 0 amide bonds. The van der Waals surface area contributed by atoms with Crippen LogP contribution in [0.15, 0.2) is 18.2 Å². The number of benzene rings is 1. The molecule has 0 N–H and O–H groups in total. The molecule has 0 unspecified atom stereocenters. The van der Waals surface area contributed by atoms with Gasteiger partial charge in [-0.05, 0) is 45.4 Å². The predicted molar refractivity (Wildman–Crippen MR) is 84.1 cm³/mol. The van der Waals surface area contributed by atoms with Gasteiger partial charge in [-0.15, -0.1) is 0 Å². The van der Waals surface area contributed by atoms with E-state index in [0.717, 1.165) is 35.4 Å². The van der Waals surface area contributed by atoms with Crippen molar-refractivity contribution in [3.63, 3.8) is 0 Å². The third-order valence-corrected chi connectivity index (χ3v) is 3.64. The molecule has 20 heavy (non-hydrogen) atoms. The van der Waals surface area contributed by atoms with Crippen LogP contribution in [-0.2, 0) is 6.42 Å². The Bertz CT molecular complexity index is 664. The van der Waals surface area contributed by atoms with E-state index in [1.165, 1.54) is 11.1 Å². The molecular formula is C17H21N3. The minimum absolute atomic E-state index is 0.405. The van der Waals surface area contributed by atoms with E-state index in [-0.39, 0.29) is 0 Å². The predicted octanol–water partition coefficient (Wildman–Crippen LogP) is 3.76. The fraction of sp³-hybridized carbons (Fsp3) is 0.412. The van der Waals surface area contributed by atoms with E-state index in [1.807, 2.05) is 0 Å². The molecule has 2 aromatic rings. The molecule has 0 atom stereocenters. The van der Waals surface area contributed by atoms with Crippen LogP contribution in [-0.4, -0.2) is 18.1 Å². The quantitative estimate of drug-likeness (QED) is 0.846. The van der Waals surface area contributed by atoms with Gasteiger partial charge in [-0.1, -0.05) is 11.6 Å². The summed E-state index contributed by atoms with van der Waals surface area (Å²) in [6, 6.07) is 8.68. The first kappa shape index (κ1) is 14.3. The smallest absolute Gasteiger partial charge is 0.133 e.